The van der Waals surface area contributed by atoms with Gasteiger partial charge < -0.3 is 16.4 Å². The van der Waals surface area contributed by atoms with Crippen LogP contribution in [0.2, 0.25) is 0 Å². The molecule has 3 aromatic carbocycles. The summed E-state index contributed by atoms with van der Waals surface area (Å²) in [5.41, 5.74) is 7.54. The molecule has 0 atom stereocenters. The molecule has 0 aliphatic rings. The van der Waals surface area contributed by atoms with Crippen LogP contribution in [0.1, 0.15) is 21.5 Å². The summed E-state index contributed by atoms with van der Waals surface area (Å²) in [5, 5.41) is 13.6. The second-order valence-corrected chi connectivity index (χ2v) is 7.72. The van der Waals surface area contributed by atoms with Gasteiger partial charge >= 0.3 is 0 Å². The summed E-state index contributed by atoms with van der Waals surface area (Å²) in [6, 6.07) is 24.4. The van der Waals surface area contributed by atoms with Crippen molar-refractivity contribution < 1.29 is 9.59 Å². The molecule has 0 fully saturated rings. The van der Waals surface area contributed by atoms with E-state index in [0.29, 0.717) is 16.6 Å². The minimum atomic E-state index is -0.469. The molecule has 0 aliphatic heterocycles. The molecule has 4 rings (SSSR count). The van der Waals surface area contributed by atoms with E-state index in [4.69, 9.17) is 11.1 Å². The highest BCUT2D eigenvalue weighted by Gasteiger charge is 2.15. The van der Waals surface area contributed by atoms with E-state index in [1.165, 1.54) is 4.57 Å². The van der Waals surface area contributed by atoms with Crippen LogP contribution in [0.15, 0.2) is 89.7 Å². The summed E-state index contributed by atoms with van der Waals surface area (Å²) in [7, 11) is 0. The van der Waals surface area contributed by atoms with Crippen molar-refractivity contribution >= 4 is 34.2 Å². The van der Waals surface area contributed by atoms with Crippen molar-refractivity contribution in [2.75, 3.05) is 5.32 Å². The number of amidine groups is 1. The molecule has 1 aromatic heterocycles. The highest BCUT2D eigenvalue weighted by atomic mass is 16.2. The first-order chi connectivity index (χ1) is 16.4. The van der Waals surface area contributed by atoms with Gasteiger partial charge in [-0.1, -0.05) is 60.7 Å². The highest BCUT2D eigenvalue weighted by Crippen LogP contribution is 2.17. The number of para-hydroxylation sites is 1. The first kappa shape index (κ1) is 22.5. The topological polar surface area (TPSA) is 130 Å². The van der Waals surface area contributed by atoms with E-state index in [9.17, 15) is 14.4 Å². The maximum Gasteiger partial charge on any atom is 0.275 e. The lowest BCUT2D eigenvalue weighted by molar-refractivity contribution is -0.121. The van der Waals surface area contributed by atoms with Crippen LogP contribution in [0.25, 0.3) is 10.9 Å². The summed E-state index contributed by atoms with van der Waals surface area (Å²) in [5.74, 6) is -0.784. The molecular weight excluding hydrogens is 430 g/mol. The lowest BCUT2D eigenvalue weighted by Crippen LogP contribution is -2.33. The van der Waals surface area contributed by atoms with Crippen LogP contribution in [0, 0.1) is 5.41 Å². The zero-order chi connectivity index (χ0) is 24.1. The van der Waals surface area contributed by atoms with Crippen molar-refractivity contribution in [3.63, 3.8) is 0 Å². The largest absolute Gasteiger partial charge is 0.384 e. The third kappa shape index (κ3) is 5.02. The van der Waals surface area contributed by atoms with E-state index in [0.717, 1.165) is 10.9 Å². The van der Waals surface area contributed by atoms with E-state index in [2.05, 4.69) is 10.6 Å². The lowest BCUT2D eigenvalue weighted by atomic mass is 10.1. The van der Waals surface area contributed by atoms with Crippen LogP contribution in [-0.2, 0) is 17.9 Å². The van der Waals surface area contributed by atoms with Gasteiger partial charge in [-0.25, -0.2) is 0 Å². The Hall–Kier alpha value is -4.72. The molecule has 0 aliphatic carbocycles. The second-order valence-electron chi connectivity index (χ2n) is 7.72. The molecule has 0 radical (unpaired) electrons. The number of fused-ring (bicyclic) bond motifs is 1. The van der Waals surface area contributed by atoms with Gasteiger partial charge in [0.2, 0.25) is 5.91 Å². The van der Waals surface area contributed by atoms with Crippen LogP contribution in [0.4, 0.5) is 5.69 Å². The Kier molecular flexibility index (Phi) is 6.49. The summed E-state index contributed by atoms with van der Waals surface area (Å²) in [6.07, 6.45) is 0. The van der Waals surface area contributed by atoms with Gasteiger partial charge in [0.15, 0.2) is 0 Å². The average molecular weight is 454 g/mol. The number of benzene rings is 3. The van der Waals surface area contributed by atoms with Gasteiger partial charge in [-0.3, -0.25) is 24.4 Å². The highest BCUT2D eigenvalue weighted by molar-refractivity contribution is 6.05. The van der Waals surface area contributed by atoms with E-state index in [1.807, 2.05) is 12.1 Å². The van der Waals surface area contributed by atoms with E-state index < -0.39 is 11.5 Å². The third-order valence-electron chi connectivity index (χ3n) is 5.34. The van der Waals surface area contributed by atoms with Gasteiger partial charge in [0.1, 0.15) is 18.1 Å². The molecule has 2 amide bonds. The van der Waals surface area contributed by atoms with Crippen LogP contribution in [-0.4, -0.2) is 22.2 Å². The monoisotopic (exact) mass is 453 g/mol. The number of hydrogen-bond donors (Lipinski definition) is 4. The molecule has 0 spiro atoms. The molecule has 170 valence electrons. The van der Waals surface area contributed by atoms with Gasteiger partial charge in [0.05, 0.1) is 5.52 Å². The van der Waals surface area contributed by atoms with Crippen molar-refractivity contribution in [3.05, 3.63) is 112 Å². The zero-order valence-corrected chi connectivity index (χ0v) is 18.2. The number of hydrogen-bond acceptors (Lipinski definition) is 4. The zero-order valence-electron chi connectivity index (χ0n) is 18.2. The molecule has 4 aromatic rings. The minimum absolute atomic E-state index is 0.0268. The number of pyridine rings is 1. The van der Waals surface area contributed by atoms with Crippen molar-refractivity contribution in [1.82, 2.24) is 9.88 Å². The lowest BCUT2D eigenvalue weighted by Gasteiger charge is -2.14. The van der Waals surface area contributed by atoms with Gasteiger partial charge in [0, 0.05) is 23.1 Å². The molecule has 8 heteroatoms. The molecule has 0 saturated heterocycles. The van der Waals surface area contributed by atoms with Gasteiger partial charge in [-0.15, -0.1) is 0 Å². The molecule has 1 heterocycles. The van der Waals surface area contributed by atoms with Crippen molar-refractivity contribution in [2.45, 2.75) is 13.1 Å². The van der Waals surface area contributed by atoms with Crippen molar-refractivity contribution in [1.29, 1.82) is 5.41 Å². The maximum absolute atomic E-state index is 13.2. The summed E-state index contributed by atoms with van der Waals surface area (Å²) >= 11 is 0. The molecule has 8 nitrogen and oxygen atoms in total. The van der Waals surface area contributed by atoms with Crippen molar-refractivity contribution in [2.24, 2.45) is 5.73 Å². The standard InChI is InChI=1S/C26H23N5O3/c27-24(28)18-12-10-17(11-13-18)15-29-23(32)16-31-22-9-5-4-8-20(22)14-21(26(31)34)30-25(33)19-6-2-1-3-7-19/h1-14H,15-16H2,(H3,27,28)(H,29,32)(H,30,33). The second kappa shape index (κ2) is 9.83. The number of carbonyl (C=O) groups is 2. The van der Waals surface area contributed by atoms with Gasteiger partial charge in [-0.05, 0) is 29.8 Å². The Morgan fingerprint density at radius 3 is 2.26 bits per heavy atom. The number of nitrogens with one attached hydrogen (secondary N) is 3. The number of carbonyl (C=O) groups excluding carboxylic acids is 2. The average Bonchev–Trinajstić information content (AvgIpc) is 2.86. The van der Waals surface area contributed by atoms with E-state index >= 15 is 0 Å². The Labute approximate surface area is 195 Å². The summed E-state index contributed by atoms with van der Waals surface area (Å²) in [4.78, 5) is 38.5. The first-order valence-electron chi connectivity index (χ1n) is 10.6. The Bertz CT molecular complexity index is 1430. The third-order valence-corrected chi connectivity index (χ3v) is 5.34. The molecule has 0 bridgehead atoms. The first-order valence-corrected chi connectivity index (χ1v) is 10.6. The van der Waals surface area contributed by atoms with Crippen LogP contribution < -0.4 is 21.9 Å². The molecule has 0 saturated carbocycles. The number of aromatic nitrogens is 1. The molecule has 34 heavy (non-hydrogen) atoms. The predicted octanol–water partition coefficient (Wildman–Crippen LogP) is 2.85. The van der Waals surface area contributed by atoms with Crippen LogP contribution >= 0.6 is 0 Å². The van der Waals surface area contributed by atoms with E-state index in [1.54, 1.807) is 72.8 Å². The number of nitrogen functional groups attached to an aromatic ring is 1. The molecular formula is C26H23N5O3. The quantitative estimate of drug-likeness (QED) is 0.253. The van der Waals surface area contributed by atoms with E-state index in [-0.39, 0.29) is 30.5 Å². The molecule has 5 N–H and O–H groups in total. The fourth-order valence-electron chi connectivity index (χ4n) is 3.56. The number of nitrogens with zero attached hydrogens (tertiary/aromatic N) is 1. The van der Waals surface area contributed by atoms with Crippen LogP contribution in [0.5, 0.6) is 0 Å². The van der Waals surface area contributed by atoms with Crippen molar-refractivity contribution in [3.8, 4) is 0 Å². The Morgan fingerprint density at radius 2 is 1.56 bits per heavy atom. The maximum atomic E-state index is 13.2. The summed E-state index contributed by atoms with van der Waals surface area (Å²) < 4.78 is 1.35. The fourth-order valence-corrected chi connectivity index (χ4v) is 3.56. The fraction of sp³-hybridized carbons (Fsp3) is 0.0769. The smallest absolute Gasteiger partial charge is 0.275 e. The molecule has 0 unspecified atom stereocenters. The van der Waals surface area contributed by atoms with Gasteiger partial charge in [-0.2, -0.15) is 0 Å². The predicted molar refractivity (Wildman–Crippen MR) is 132 cm³/mol. The minimum Gasteiger partial charge on any atom is -0.384 e. The number of rotatable bonds is 7. The normalized spacial score (nSPS) is 10.6. The summed E-state index contributed by atoms with van der Waals surface area (Å²) in [6.45, 7) is 0.0497. The Morgan fingerprint density at radius 1 is 0.882 bits per heavy atom. The number of anilines is 1. The Balaban J connectivity index is 1.55. The number of amides is 2. The number of nitrogens with two attached hydrogens (primary N) is 1. The van der Waals surface area contributed by atoms with Crippen LogP contribution in [0.3, 0.4) is 0 Å². The SMILES string of the molecule is N=C(N)c1ccc(CNC(=O)Cn2c(=O)c(NC(=O)c3ccccc3)cc3ccccc32)cc1. The van der Waals surface area contributed by atoms with Gasteiger partial charge in [0.25, 0.3) is 11.5 Å².